The second-order valence-electron chi connectivity index (χ2n) is 4.85. The van der Waals surface area contributed by atoms with E-state index in [-0.39, 0.29) is 17.0 Å². The first-order chi connectivity index (χ1) is 10.0. The fraction of sp³-hybridized carbons (Fsp3) is 0.267. The summed E-state index contributed by atoms with van der Waals surface area (Å²) in [6.07, 6.45) is 0. The smallest absolute Gasteiger partial charge is 0.252 e. The molecule has 1 atom stereocenters. The van der Waals surface area contributed by atoms with E-state index in [0.29, 0.717) is 17.1 Å². The van der Waals surface area contributed by atoms with Crippen LogP contribution >= 0.6 is 34.5 Å². The number of thiophene rings is 1. The summed E-state index contributed by atoms with van der Waals surface area (Å²) in [5.74, 6) is -0.218. The van der Waals surface area contributed by atoms with Gasteiger partial charge >= 0.3 is 0 Å². The maximum atomic E-state index is 12.2. The van der Waals surface area contributed by atoms with Crippen molar-refractivity contribution in [1.29, 1.82) is 0 Å². The Kier molecular flexibility index (Phi) is 5.65. The van der Waals surface area contributed by atoms with Gasteiger partial charge in [-0.05, 0) is 48.6 Å². The van der Waals surface area contributed by atoms with Crippen LogP contribution in [-0.4, -0.2) is 31.4 Å². The molecule has 2 rings (SSSR count). The number of rotatable bonds is 5. The summed E-state index contributed by atoms with van der Waals surface area (Å²) in [6.45, 7) is 0.505. The first-order valence-corrected chi connectivity index (χ1v) is 8.11. The second-order valence-corrected chi connectivity index (χ2v) is 6.41. The molecule has 1 aromatic heterocycles. The van der Waals surface area contributed by atoms with Gasteiger partial charge in [-0.25, -0.2) is 0 Å². The Morgan fingerprint density at radius 1 is 1.33 bits per heavy atom. The molecule has 1 aromatic carbocycles. The second kappa shape index (κ2) is 7.27. The molecule has 1 amide bonds. The van der Waals surface area contributed by atoms with Crippen LogP contribution in [0.4, 0.5) is 0 Å². The van der Waals surface area contributed by atoms with Crippen LogP contribution < -0.4 is 5.32 Å². The van der Waals surface area contributed by atoms with Crippen molar-refractivity contribution in [2.75, 3.05) is 20.6 Å². The van der Waals surface area contributed by atoms with Gasteiger partial charge in [0.15, 0.2) is 0 Å². The minimum Gasteiger partial charge on any atom is -0.350 e. The highest BCUT2D eigenvalue weighted by Gasteiger charge is 2.18. The Labute approximate surface area is 138 Å². The number of hydrogen-bond donors (Lipinski definition) is 1. The van der Waals surface area contributed by atoms with Crippen LogP contribution in [-0.2, 0) is 0 Å². The van der Waals surface area contributed by atoms with E-state index in [9.17, 15) is 4.79 Å². The molecule has 2 aromatic rings. The fourth-order valence-electron chi connectivity index (χ4n) is 2.03. The minimum atomic E-state index is -0.218. The lowest BCUT2D eigenvalue weighted by Crippen LogP contribution is -2.34. The lowest BCUT2D eigenvalue weighted by molar-refractivity contribution is 0.0942. The zero-order valence-electron chi connectivity index (χ0n) is 11.8. The highest BCUT2D eigenvalue weighted by Crippen LogP contribution is 2.26. The molecule has 3 nitrogen and oxygen atoms in total. The quantitative estimate of drug-likeness (QED) is 0.887. The van der Waals surface area contributed by atoms with Crippen molar-refractivity contribution in [3.8, 4) is 0 Å². The number of hydrogen-bond acceptors (Lipinski definition) is 3. The third-order valence-corrected chi connectivity index (χ3v) is 4.72. The number of halogens is 2. The molecule has 1 heterocycles. The Morgan fingerprint density at radius 2 is 2.10 bits per heavy atom. The van der Waals surface area contributed by atoms with Crippen LogP contribution in [0.2, 0.25) is 10.0 Å². The maximum Gasteiger partial charge on any atom is 0.252 e. The molecule has 0 aliphatic rings. The molecule has 0 saturated heterocycles. The van der Waals surface area contributed by atoms with Gasteiger partial charge in [-0.15, -0.1) is 0 Å². The number of likely N-dealkylation sites (N-methyl/N-ethyl adjacent to an activating group) is 1. The molecular weight excluding hydrogens is 327 g/mol. The molecule has 0 aliphatic carbocycles. The van der Waals surface area contributed by atoms with E-state index in [0.717, 1.165) is 0 Å². The van der Waals surface area contributed by atoms with Crippen LogP contribution in [0, 0.1) is 0 Å². The van der Waals surface area contributed by atoms with E-state index in [4.69, 9.17) is 23.2 Å². The summed E-state index contributed by atoms with van der Waals surface area (Å²) in [7, 11) is 3.97. The first-order valence-electron chi connectivity index (χ1n) is 6.41. The molecule has 0 saturated carbocycles. The first kappa shape index (κ1) is 16.3. The average Bonchev–Trinajstić information content (AvgIpc) is 2.95. The Hall–Kier alpha value is -1.07. The standard InChI is InChI=1S/C15H16Cl2N2OS/c1-19(2)13(10-6-7-21-9-10)8-18-15(20)11-4-3-5-12(16)14(11)17/h3-7,9,13H,8H2,1-2H3,(H,18,20)/t13-/m0/s1. The zero-order valence-corrected chi connectivity index (χ0v) is 14.1. The summed E-state index contributed by atoms with van der Waals surface area (Å²) < 4.78 is 0. The topological polar surface area (TPSA) is 32.3 Å². The van der Waals surface area contributed by atoms with Gasteiger partial charge in [0.25, 0.3) is 5.91 Å². The normalized spacial score (nSPS) is 12.4. The molecule has 1 N–H and O–H groups in total. The Morgan fingerprint density at radius 3 is 2.71 bits per heavy atom. The van der Waals surface area contributed by atoms with E-state index < -0.39 is 0 Å². The predicted octanol–water partition coefficient (Wildman–Crippen LogP) is 4.09. The molecule has 0 aliphatic heterocycles. The molecule has 21 heavy (non-hydrogen) atoms. The van der Waals surface area contributed by atoms with Gasteiger partial charge in [0.1, 0.15) is 0 Å². The van der Waals surface area contributed by atoms with Gasteiger partial charge in [-0.1, -0.05) is 29.3 Å². The predicted molar refractivity (Wildman–Crippen MR) is 89.5 cm³/mol. The van der Waals surface area contributed by atoms with E-state index >= 15 is 0 Å². The number of nitrogens with zero attached hydrogens (tertiary/aromatic N) is 1. The molecular formula is C15H16Cl2N2OS. The minimum absolute atomic E-state index is 0.123. The van der Waals surface area contributed by atoms with Crippen LogP contribution in [0.25, 0.3) is 0 Å². The SMILES string of the molecule is CN(C)[C@@H](CNC(=O)c1cccc(Cl)c1Cl)c1ccsc1. The molecule has 0 bridgehead atoms. The summed E-state index contributed by atoms with van der Waals surface area (Å²) in [4.78, 5) is 14.3. The van der Waals surface area contributed by atoms with Crippen molar-refractivity contribution in [3.05, 3.63) is 56.2 Å². The van der Waals surface area contributed by atoms with Crippen molar-refractivity contribution in [3.63, 3.8) is 0 Å². The summed E-state index contributed by atoms with van der Waals surface area (Å²) in [5, 5.41) is 7.70. The van der Waals surface area contributed by atoms with Gasteiger partial charge in [0.2, 0.25) is 0 Å². The Balaban J connectivity index is 2.07. The molecule has 0 unspecified atom stereocenters. The van der Waals surface area contributed by atoms with Crippen LogP contribution in [0.15, 0.2) is 35.0 Å². The largest absolute Gasteiger partial charge is 0.350 e. The van der Waals surface area contributed by atoms with Crippen LogP contribution in [0.1, 0.15) is 22.0 Å². The number of carbonyl (C=O) groups is 1. The maximum absolute atomic E-state index is 12.2. The Bertz CT molecular complexity index is 614. The van der Waals surface area contributed by atoms with Crippen molar-refractivity contribution in [1.82, 2.24) is 10.2 Å². The fourth-order valence-corrected chi connectivity index (χ4v) is 3.12. The zero-order chi connectivity index (χ0) is 15.4. The van der Waals surface area contributed by atoms with Crippen LogP contribution in [0.3, 0.4) is 0 Å². The highest BCUT2D eigenvalue weighted by atomic mass is 35.5. The highest BCUT2D eigenvalue weighted by molar-refractivity contribution is 7.07. The molecule has 0 spiro atoms. The lowest BCUT2D eigenvalue weighted by atomic mass is 10.1. The van der Waals surface area contributed by atoms with Crippen molar-refractivity contribution in [2.45, 2.75) is 6.04 Å². The van der Waals surface area contributed by atoms with Crippen LogP contribution in [0.5, 0.6) is 0 Å². The van der Waals surface area contributed by atoms with Gasteiger partial charge in [0.05, 0.1) is 21.7 Å². The van der Waals surface area contributed by atoms with Crippen molar-refractivity contribution in [2.24, 2.45) is 0 Å². The van der Waals surface area contributed by atoms with E-state index in [2.05, 4.69) is 21.7 Å². The van der Waals surface area contributed by atoms with E-state index in [1.54, 1.807) is 29.5 Å². The van der Waals surface area contributed by atoms with Crippen molar-refractivity contribution < 1.29 is 4.79 Å². The number of carbonyl (C=O) groups excluding carboxylic acids is 1. The van der Waals surface area contributed by atoms with Gasteiger partial charge in [0, 0.05) is 6.54 Å². The average molecular weight is 343 g/mol. The van der Waals surface area contributed by atoms with E-state index in [1.807, 2.05) is 19.5 Å². The van der Waals surface area contributed by atoms with E-state index in [1.165, 1.54) is 5.56 Å². The number of nitrogens with one attached hydrogen (secondary N) is 1. The van der Waals surface area contributed by atoms with Crippen molar-refractivity contribution >= 4 is 40.4 Å². The van der Waals surface area contributed by atoms with Gasteiger partial charge in [-0.3, -0.25) is 4.79 Å². The van der Waals surface area contributed by atoms with Gasteiger partial charge in [-0.2, -0.15) is 11.3 Å². The molecule has 0 radical (unpaired) electrons. The van der Waals surface area contributed by atoms with Gasteiger partial charge < -0.3 is 10.2 Å². The molecule has 0 fully saturated rings. The third kappa shape index (κ3) is 3.98. The summed E-state index contributed by atoms with van der Waals surface area (Å²) in [6, 6.07) is 7.23. The third-order valence-electron chi connectivity index (χ3n) is 3.20. The monoisotopic (exact) mass is 342 g/mol. The number of benzene rings is 1. The molecule has 6 heteroatoms. The summed E-state index contributed by atoms with van der Waals surface area (Å²) >= 11 is 13.6. The molecule has 112 valence electrons. The number of amides is 1. The summed E-state index contributed by atoms with van der Waals surface area (Å²) in [5.41, 5.74) is 1.58. The lowest BCUT2D eigenvalue weighted by Gasteiger charge is -2.24.